The number of hydrogen-bond donors (Lipinski definition) is 1. The molecule has 0 spiro atoms. The molecule has 0 atom stereocenters. The van der Waals surface area contributed by atoms with Crippen LogP contribution >= 0.6 is 0 Å². The van der Waals surface area contributed by atoms with E-state index >= 15 is 0 Å². The van der Waals surface area contributed by atoms with E-state index in [9.17, 15) is 9.59 Å². The first-order chi connectivity index (χ1) is 16.1. The van der Waals surface area contributed by atoms with Crippen LogP contribution in [0.25, 0.3) is 10.9 Å². The maximum atomic E-state index is 12.9. The number of nitrogens with one attached hydrogen (secondary N) is 1. The molecule has 0 bridgehead atoms. The van der Waals surface area contributed by atoms with Gasteiger partial charge in [-0.2, -0.15) is 0 Å². The summed E-state index contributed by atoms with van der Waals surface area (Å²) in [5.41, 5.74) is 1.21. The summed E-state index contributed by atoms with van der Waals surface area (Å²) >= 11 is 0. The third-order valence-electron chi connectivity index (χ3n) is 6.16. The predicted octanol–water partition coefficient (Wildman–Crippen LogP) is 1.75. The summed E-state index contributed by atoms with van der Waals surface area (Å²) in [7, 11) is 0. The van der Waals surface area contributed by atoms with Crippen molar-refractivity contribution in [3.63, 3.8) is 0 Å². The lowest BCUT2D eigenvalue weighted by Gasteiger charge is -2.28. The standard InChI is InChI=1S/C22H26N6O5/c1-2-31-21(29)12-28-20(24-25-26-28)11-27(16-5-3-4-6-16)10-15-7-14-8-18-19(33-13-32-18)9-17(14)23-22(15)30/h7-9,16H,2-6,10-13H2,1H3,(H,23,30). The zero-order chi connectivity index (χ0) is 22.8. The van der Waals surface area contributed by atoms with Crippen molar-refractivity contribution in [2.75, 3.05) is 13.4 Å². The SMILES string of the molecule is CCOC(=O)Cn1nnnc1CN(Cc1cc2cc3c(cc2[nH]c1=O)OCO3)C1CCCC1. The van der Waals surface area contributed by atoms with Gasteiger partial charge in [-0.15, -0.1) is 5.10 Å². The Hall–Kier alpha value is -3.47. The summed E-state index contributed by atoms with van der Waals surface area (Å²) in [6.45, 7) is 3.06. The molecule has 1 saturated carbocycles. The topological polar surface area (TPSA) is 124 Å². The number of aromatic nitrogens is 5. The second-order valence-electron chi connectivity index (χ2n) is 8.32. The summed E-state index contributed by atoms with van der Waals surface area (Å²) in [5, 5.41) is 12.7. The molecule has 0 amide bonds. The minimum Gasteiger partial charge on any atom is -0.465 e. The van der Waals surface area contributed by atoms with Gasteiger partial charge in [0.1, 0.15) is 6.54 Å². The van der Waals surface area contributed by atoms with Crippen molar-refractivity contribution in [2.24, 2.45) is 0 Å². The third-order valence-corrected chi connectivity index (χ3v) is 6.16. The molecular weight excluding hydrogens is 428 g/mol. The number of nitrogens with zero attached hydrogens (tertiary/aromatic N) is 5. The molecule has 1 aliphatic heterocycles. The number of carbonyl (C=O) groups is 1. The molecule has 0 unspecified atom stereocenters. The molecule has 1 aliphatic carbocycles. The molecule has 33 heavy (non-hydrogen) atoms. The Kier molecular flexibility index (Phi) is 5.95. The Bertz CT molecular complexity index is 1220. The Labute approximate surface area is 189 Å². The number of rotatable bonds is 8. The van der Waals surface area contributed by atoms with E-state index in [0.717, 1.165) is 31.1 Å². The van der Waals surface area contributed by atoms with Crippen LogP contribution in [0.3, 0.4) is 0 Å². The fourth-order valence-corrected chi connectivity index (χ4v) is 4.53. The van der Waals surface area contributed by atoms with Gasteiger partial charge in [-0.3, -0.25) is 14.5 Å². The number of benzene rings is 1. The van der Waals surface area contributed by atoms with Gasteiger partial charge in [-0.25, -0.2) is 4.68 Å². The lowest BCUT2D eigenvalue weighted by Crippen LogP contribution is -2.35. The van der Waals surface area contributed by atoms with Crippen LogP contribution in [-0.2, 0) is 29.2 Å². The van der Waals surface area contributed by atoms with Crippen molar-refractivity contribution < 1.29 is 19.0 Å². The fraction of sp³-hybridized carbons (Fsp3) is 0.500. The molecule has 2 aliphatic rings. The first-order valence-electron chi connectivity index (χ1n) is 11.2. The van der Waals surface area contributed by atoms with Crippen LogP contribution < -0.4 is 15.0 Å². The Morgan fingerprint density at radius 3 is 2.79 bits per heavy atom. The zero-order valence-corrected chi connectivity index (χ0v) is 18.5. The van der Waals surface area contributed by atoms with Crippen molar-refractivity contribution in [2.45, 2.75) is 58.3 Å². The summed E-state index contributed by atoms with van der Waals surface area (Å²) in [6, 6.07) is 5.89. The average molecular weight is 454 g/mol. The predicted molar refractivity (Wildman–Crippen MR) is 117 cm³/mol. The maximum absolute atomic E-state index is 12.9. The van der Waals surface area contributed by atoms with Crippen LogP contribution in [0.15, 0.2) is 23.0 Å². The Morgan fingerprint density at radius 1 is 1.21 bits per heavy atom. The van der Waals surface area contributed by atoms with E-state index in [1.807, 2.05) is 12.1 Å². The fourth-order valence-electron chi connectivity index (χ4n) is 4.53. The number of hydrogen-bond acceptors (Lipinski definition) is 9. The molecule has 1 aromatic carbocycles. The van der Waals surface area contributed by atoms with E-state index in [0.29, 0.717) is 54.1 Å². The molecule has 5 rings (SSSR count). The summed E-state index contributed by atoms with van der Waals surface area (Å²) < 4.78 is 17.4. The molecule has 11 heteroatoms. The van der Waals surface area contributed by atoms with E-state index in [-0.39, 0.29) is 24.9 Å². The first-order valence-corrected chi connectivity index (χ1v) is 11.2. The highest BCUT2D eigenvalue weighted by molar-refractivity contribution is 5.83. The molecule has 0 saturated heterocycles. The largest absolute Gasteiger partial charge is 0.465 e. The van der Waals surface area contributed by atoms with Crippen molar-refractivity contribution >= 4 is 16.9 Å². The normalized spacial score (nSPS) is 15.6. The van der Waals surface area contributed by atoms with Gasteiger partial charge in [0.15, 0.2) is 17.3 Å². The van der Waals surface area contributed by atoms with Crippen molar-refractivity contribution in [1.29, 1.82) is 0 Å². The number of aromatic amines is 1. The quantitative estimate of drug-likeness (QED) is 0.507. The minimum atomic E-state index is -0.386. The van der Waals surface area contributed by atoms with Gasteiger partial charge >= 0.3 is 5.97 Å². The lowest BCUT2D eigenvalue weighted by atomic mass is 10.1. The number of tetrazole rings is 1. The van der Waals surface area contributed by atoms with Crippen LogP contribution in [0.4, 0.5) is 0 Å². The molecule has 11 nitrogen and oxygen atoms in total. The summed E-state index contributed by atoms with van der Waals surface area (Å²) in [4.78, 5) is 30.0. The van der Waals surface area contributed by atoms with Gasteiger partial charge in [-0.05, 0) is 42.3 Å². The van der Waals surface area contributed by atoms with Crippen LogP contribution in [0, 0.1) is 0 Å². The van der Waals surface area contributed by atoms with Gasteiger partial charge in [0.05, 0.1) is 18.7 Å². The van der Waals surface area contributed by atoms with Crippen molar-refractivity contribution in [3.8, 4) is 11.5 Å². The first kappa shape index (κ1) is 21.4. The molecule has 3 aromatic rings. The highest BCUT2D eigenvalue weighted by Crippen LogP contribution is 2.35. The maximum Gasteiger partial charge on any atom is 0.327 e. The highest BCUT2D eigenvalue weighted by Gasteiger charge is 2.26. The van der Waals surface area contributed by atoms with Gasteiger partial charge in [0.25, 0.3) is 5.56 Å². The van der Waals surface area contributed by atoms with E-state index < -0.39 is 0 Å². The zero-order valence-electron chi connectivity index (χ0n) is 18.5. The third kappa shape index (κ3) is 4.54. The molecule has 2 aromatic heterocycles. The van der Waals surface area contributed by atoms with Crippen LogP contribution in [0.2, 0.25) is 0 Å². The number of carbonyl (C=O) groups excluding carboxylic acids is 1. The van der Waals surface area contributed by atoms with Gasteiger partial charge in [0, 0.05) is 29.6 Å². The average Bonchev–Trinajstić information content (AvgIpc) is 3.55. The van der Waals surface area contributed by atoms with E-state index in [1.165, 1.54) is 4.68 Å². The van der Waals surface area contributed by atoms with Crippen molar-refractivity contribution in [1.82, 2.24) is 30.1 Å². The van der Waals surface area contributed by atoms with E-state index in [1.54, 1.807) is 13.0 Å². The number of H-pyrrole nitrogens is 1. The Morgan fingerprint density at radius 2 is 2.00 bits per heavy atom. The molecular formula is C22H26N6O5. The van der Waals surface area contributed by atoms with Crippen LogP contribution in [0.5, 0.6) is 11.5 Å². The molecule has 3 heterocycles. The lowest BCUT2D eigenvalue weighted by molar-refractivity contribution is -0.144. The summed E-state index contributed by atoms with van der Waals surface area (Å²) in [6.07, 6.45) is 4.38. The monoisotopic (exact) mass is 454 g/mol. The van der Waals surface area contributed by atoms with Crippen LogP contribution in [-0.4, -0.2) is 55.5 Å². The number of esters is 1. The smallest absolute Gasteiger partial charge is 0.327 e. The Balaban J connectivity index is 1.41. The second-order valence-corrected chi connectivity index (χ2v) is 8.32. The van der Waals surface area contributed by atoms with E-state index in [2.05, 4.69) is 25.4 Å². The molecule has 174 valence electrons. The van der Waals surface area contributed by atoms with E-state index in [4.69, 9.17) is 14.2 Å². The van der Waals surface area contributed by atoms with Gasteiger partial charge in [0.2, 0.25) is 6.79 Å². The molecule has 1 fully saturated rings. The second kappa shape index (κ2) is 9.18. The van der Waals surface area contributed by atoms with Crippen molar-refractivity contribution in [3.05, 3.63) is 39.9 Å². The summed E-state index contributed by atoms with van der Waals surface area (Å²) in [5.74, 6) is 1.48. The van der Waals surface area contributed by atoms with Gasteiger partial charge in [-0.1, -0.05) is 12.8 Å². The highest BCUT2D eigenvalue weighted by atomic mass is 16.7. The number of fused-ring (bicyclic) bond motifs is 2. The van der Waals surface area contributed by atoms with Gasteiger partial charge < -0.3 is 19.2 Å². The molecule has 1 N–H and O–H groups in total. The molecule has 0 radical (unpaired) electrons. The van der Waals surface area contributed by atoms with Crippen LogP contribution in [0.1, 0.15) is 44.0 Å². The number of ether oxygens (including phenoxy) is 3. The number of pyridine rings is 1. The minimum absolute atomic E-state index is 0.0432.